The fourth-order valence-electron chi connectivity index (χ4n) is 0.106. The van der Waals surface area contributed by atoms with Crippen LogP contribution in [0, 0.1) is 0 Å². The third-order valence-electron chi connectivity index (χ3n) is 0.228. The van der Waals surface area contributed by atoms with Crippen molar-refractivity contribution in [3.8, 4) is 0 Å². The molecule has 0 aliphatic rings. The van der Waals surface area contributed by atoms with Crippen LogP contribution in [0.15, 0.2) is 0 Å². The Bertz CT molecular complexity index is 164. The van der Waals surface area contributed by atoms with E-state index in [2.05, 4.69) is 7.26 Å². The van der Waals surface area contributed by atoms with Gasteiger partial charge in [-0.25, -0.2) is 0 Å². The second kappa shape index (κ2) is 22.1. The van der Waals surface area contributed by atoms with Crippen molar-refractivity contribution >= 4 is 240 Å². The van der Waals surface area contributed by atoms with E-state index in [9.17, 15) is 12.6 Å². The third-order valence-corrected chi connectivity index (χ3v) is 2.05. The van der Waals surface area contributed by atoms with E-state index >= 15 is 0 Å². The zero-order valence-electron chi connectivity index (χ0n) is 4.16. The predicted molar refractivity (Wildman–Crippen MR) is 60.5 cm³/mol. The molecule has 0 saturated carbocycles. The number of hydrogen-bond acceptors (Lipinski definition) is 5. The minimum absolute atomic E-state index is 0. The Labute approximate surface area is 259 Å². The summed E-state index contributed by atoms with van der Waals surface area (Å²) in [5.41, 5.74) is 0. The van der Waals surface area contributed by atoms with E-state index in [-0.39, 0.29) is 206 Å². The van der Waals surface area contributed by atoms with E-state index in [1.807, 2.05) is 0 Å². The van der Waals surface area contributed by atoms with Gasteiger partial charge in [0.1, 0.15) is 0 Å². The molecule has 2 unspecified atom stereocenters. The molecule has 0 radical (unpaired) electrons. The SMILES string of the molecule is O=S(O)OS(=O)OS(=O)O.[KH].[KH].[KH].[KH]. The van der Waals surface area contributed by atoms with Crippen LogP contribution in [0.2, 0.25) is 0 Å². The minimum atomic E-state index is -2.78. The molecular formula is H6K4O7S3. The van der Waals surface area contributed by atoms with Gasteiger partial charge in [0.25, 0.3) is 0 Å². The first-order valence-corrected chi connectivity index (χ1v) is 4.60. The Hall–Kier alpha value is 6.84. The van der Waals surface area contributed by atoms with E-state index in [0.717, 1.165) is 0 Å². The van der Waals surface area contributed by atoms with Gasteiger partial charge in [-0.2, -0.15) is 12.6 Å². The molecule has 70 valence electrons. The molecule has 0 aromatic carbocycles. The number of hydrogen-bond donors (Lipinski definition) is 2. The summed E-state index contributed by atoms with van der Waals surface area (Å²) in [6.45, 7) is 0. The Morgan fingerprint density at radius 3 is 1.07 bits per heavy atom. The third kappa shape index (κ3) is 27.2. The molecule has 0 rings (SSSR count). The van der Waals surface area contributed by atoms with E-state index in [0.29, 0.717) is 0 Å². The average Bonchev–Trinajstić information content (AvgIpc) is 1.58. The fourth-order valence-corrected chi connectivity index (χ4v) is 1.16. The molecule has 0 aromatic rings. The van der Waals surface area contributed by atoms with Crippen LogP contribution in [-0.2, 0) is 41.3 Å². The molecule has 0 saturated heterocycles. The van der Waals surface area contributed by atoms with Gasteiger partial charge < -0.3 is 0 Å². The van der Waals surface area contributed by atoms with Gasteiger partial charge in [-0.05, 0) is 0 Å². The van der Waals surface area contributed by atoms with Crippen LogP contribution in [0.3, 0.4) is 0 Å². The van der Waals surface area contributed by atoms with Crippen molar-refractivity contribution in [3.05, 3.63) is 0 Å². The fraction of sp³-hybridized carbons (Fsp3) is 0. The molecule has 0 heterocycles. The quantitative estimate of drug-likeness (QED) is 0.387. The van der Waals surface area contributed by atoms with Crippen LogP contribution < -0.4 is 0 Å². The monoisotopic (exact) mass is 370 g/mol. The van der Waals surface area contributed by atoms with Crippen molar-refractivity contribution in [2.24, 2.45) is 0 Å². The van der Waals surface area contributed by atoms with E-state index in [1.165, 1.54) is 0 Å². The van der Waals surface area contributed by atoms with Crippen molar-refractivity contribution in [1.82, 2.24) is 0 Å². The Balaban J connectivity index is -0.0000000675. The van der Waals surface area contributed by atoms with Crippen LogP contribution in [0.1, 0.15) is 0 Å². The van der Waals surface area contributed by atoms with Crippen molar-refractivity contribution < 1.29 is 29.0 Å². The predicted octanol–water partition coefficient (Wildman–Crippen LogP) is -3.72. The molecule has 0 amide bonds. The summed E-state index contributed by atoms with van der Waals surface area (Å²) in [5.74, 6) is 0. The Kier molecular flexibility index (Phi) is 51.7. The van der Waals surface area contributed by atoms with Crippen LogP contribution in [0.5, 0.6) is 0 Å². The van der Waals surface area contributed by atoms with Crippen LogP contribution in [0.25, 0.3) is 0 Å². The second-order valence-corrected chi connectivity index (χ2v) is 3.14. The van der Waals surface area contributed by atoms with Crippen molar-refractivity contribution in [2.75, 3.05) is 0 Å². The molecule has 7 nitrogen and oxygen atoms in total. The molecule has 2 N–H and O–H groups in total. The molecule has 0 aliphatic heterocycles. The summed E-state index contributed by atoms with van der Waals surface area (Å²) in [6, 6.07) is 0. The van der Waals surface area contributed by atoms with Gasteiger partial charge in [0.15, 0.2) is 0 Å². The van der Waals surface area contributed by atoms with E-state index < -0.39 is 34.1 Å². The topological polar surface area (TPSA) is 110 Å². The standard InChI is InChI=1S/4K.H2O7S3.4H/c;;;;1-8(2)6-10(5)7-9(3)4;;;;/h;;;;(H,1,2)(H,3,4);;;;. The zero-order valence-corrected chi connectivity index (χ0v) is 6.61. The molecule has 0 aliphatic carbocycles. The van der Waals surface area contributed by atoms with Gasteiger partial charge in [-0.3, -0.25) is 9.11 Å². The van der Waals surface area contributed by atoms with Crippen molar-refractivity contribution in [1.29, 1.82) is 0 Å². The van der Waals surface area contributed by atoms with Gasteiger partial charge >= 0.3 is 240 Å². The van der Waals surface area contributed by atoms with Gasteiger partial charge in [0.2, 0.25) is 0 Å². The van der Waals surface area contributed by atoms with Gasteiger partial charge in [0, 0.05) is 0 Å². The maximum absolute atomic E-state index is 10.0. The summed E-state index contributed by atoms with van der Waals surface area (Å²) >= 11 is -8.25. The van der Waals surface area contributed by atoms with Gasteiger partial charge in [-0.1, -0.05) is 0 Å². The summed E-state index contributed by atoms with van der Waals surface area (Å²) in [4.78, 5) is 0. The van der Waals surface area contributed by atoms with E-state index in [1.54, 1.807) is 0 Å². The molecule has 0 spiro atoms. The van der Waals surface area contributed by atoms with Crippen LogP contribution in [0.4, 0.5) is 0 Å². The van der Waals surface area contributed by atoms with Crippen molar-refractivity contribution in [3.63, 3.8) is 0 Å². The number of rotatable bonds is 4. The van der Waals surface area contributed by atoms with Gasteiger partial charge in [-0.15, -0.1) is 7.26 Å². The Morgan fingerprint density at radius 1 is 0.714 bits per heavy atom. The molecule has 0 aromatic heterocycles. The van der Waals surface area contributed by atoms with Crippen LogP contribution >= 0.6 is 0 Å². The molecule has 14 heavy (non-hydrogen) atoms. The van der Waals surface area contributed by atoms with Gasteiger partial charge in [0.05, 0.1) is 0 Å². The first kappa shape index (κ1) is 32.7. The molecular weight excluding hydrogens is 365 g/mol. The molecule has 0 fully saturated rings. The molecule has 0 bridgehead atoms. The average molecular weight is 371 g/mol. The maximum atomic E-state index is 10.0. The summed E-state index contributed by atoms with van der Waals surface area (Å²) in [6.07, 6.45) is 0. The van der Waals surface area contributed by atoms with Crippen molar-refractivity contribution in [2.45, 2.75) is 0 Å². The summed E-state index contributed by atoms with van der Waals surface area (Å²) < 4.78 is 51.9. The summed E-state index contributed by atoms with van der Waals surface area (Å²) in [7, 11) is 0. The van der Waals surface area contributed by atoms with E-state index in [4.69, 9.17) is 9.11 Å². The first-order chi connectivity index (χ1) is 4.52. The molecule has 2 atom stereocenters. The van der Waals surface area contributed by atoms with Crippen LogP contribution in [-0.4, -0.2) is 227 Å². The second-order valence-electron chi connectivity index (χ2n) is 0.774. The normalized spacial score (nSPS) is 14.1. The molecule has 14 heteroatoms. The summed E-state index contributed by atoms with van der Waals surface area (Å²) in [5, 5.41) is 0. The zero-order chi connectivity index (χ0) is 8.15. The Morgan fingerprint density at radius 2 is 0.929 bits per heavy atom. The first-order valence-electron chi connectivity index (χ1n) is 1.53.